The van der Waals surface area contributed by atoms with Crippen LogP contribution in [0, 0.1) is 0 Å². The molecule has 14 heavy (non-hydrogen) atoms. The van der Waals surface area contributed by atoms with Gasteiger partial charge in [-0.15, -0.1) is 0 Å². The largest absolute Gasteiger partial charge is 0.374 e. The van der Waals surface area contributed by atoms with Crippen LogP contribution in [-0.4, -0.2) is 55.4 Å². The van der Waals surface area contributed by atoms with Crippen LogP contribution in [0.25, 0.3) is 0 Å². The number of rotatable bonds is 2. The van der Waals surface area contributed by atoms with Gasteiger partial charge in [0.05, 0.1) is 12.7 Å². The third-order valence-corrected chi connectivity index (χ3v) is 2.92. The molecule has 2 atom stereocenters. The van der Waals surface area contributed by atoms with Gasteiger partial charge in [-0.3, -0.25) is 4.90 Å². The molecule has 0 aromatic heterocycles. The molecule has 0 aromatic carbocycles. The van der Waals surface area contributed by atoms with Gasteiger partial charge in [0, 0.05) is 37.8 Å². The van der Waals surface area contributed by atoms with E-state index in [9.17, 15) is 0 Å². The predicted molar refractivity (Wildman–Crippen MR) is 56.2 cm³/mol. The fourth-order valence-corrected chi connectivity index (χ4v) is 2.38. The standard InChI is InChI=1S/C10H21N3O/c1-10(2,11)7-13-3-4-14-9-6-12-5-8(9)13/h8-9,12H,3-7,11H2,1-2H3/t8-,9+/m1/s1. The lowest BCUT2D eigenvalue weighted by Crippen LogP contribution is -2.56. The zero-order valence-electron chi connectivity index (χ0n) is 9.12. The lowest BCUT2D eigenvalue weighted by Gasteiger charge is -2.40. The van der Waals surface area contributed by atoms with Gasteiger partial charge in [-0.25, -0.2) is 0 Å². The fourth-order valence-electron chi connectivity index (χ4n) is 2.38. The Morgan fingerprint density at radius 2 is 2.29 bits per heavy atom. The maximum Gasteiger partial charge on any atom is 0.0867 e. The smallest absolute Gasteiger partial charge is 0.0867 e. The predicted octanol–water partition coefficient (Wildman–Crippen LogP) is -0.604. The van der Waals surface area contributed by atoms with Gasteiger partial charge in [0.15, 0.2) is 0 Å². The van der Waals surface area contributed by atoms with E-state index in [0.29, 0.717) is 12.1 Å². The first-order valence-electron chi connectivity index (χ1n) is 5.41. The second-order valence-electron chi connectivity index (χ2n) is 5.09. The number of nitrogens with one attached hydrogen (secondary N) is 1. The quantitative estimate of drug-likeness (QED) is 0.623. The minimum absolute atomic E-state index is 0.107. The summed E-state index contributed by atoms with van der Waals surface area (Å²) in [5, 5.41) is 3.37. The maximum absolute atomic E-state index is 6.05. The SMILES string of the molecule is CC(C)(N)CN1CCO[C@H]2CNC[C@H]21. The highest BCUT2D eigenvalue weighted by atomic mass is 16.5. The molecule has 0 aromatic rings. The third kappa shape index (κ3) is 2.25. The van der Waals surface area contributed by atoms with Crippen molar-refractivity contribution in [3.05, 3.63) is 0 Å². The van der Waals surface area contributed by atoms with E-state index in [0.717, 1.165) is 32.8 Å². The van der Waals surface area contributed by atoms with Crippen molar-refractivity contribution in [3.8, 4) is 0 Å². The van der Waals surface area contributed by atoms with E-state index >= 15 is 0 Å². The molecule has 3 N–H and O–H groups in total. The first-order valence-corrected chi connectivity index (χ1v) is 5.41. The summed E-state index contributed by atoms with van der Waals surface area (Å²) in [6.07, 6.45) is 0.381. The van der Waals surface area contributed by atoms with Gasteiger partial charge in [0.2, 0.25) is 0 Å². The Bertz CT molecular complexity index is 202. The molecule has 0 unspecified atom stereocenters. The Morgan fingerprint density at radius 3 is 3.00 bits per heavy atom. The first kappa shape index (κ1) is 10.4. The molecule has 0 aliphatic carbocycles. The number of morpholine rings is 1. The van der Waals surface area contributed by atoms with Crippen molar-refractivity contribution in [1.82, 2.24) is 10.2 Å². The number of nitrogens with two attached hydrogens (primary N) is 1. The van der Waals surface area contributed by atoms with Crippen molar-refractivity contribution in [2.75, 3.05) is 32.8 Å². The molecule has 0 saturated carbocycles. The number of hydrogen-bond acceptors (Lipinski definition) is 4. The summed E-state index contributed by atoms with van der Waals surface area (Å²) < 4.78 is 5.70. The van der Waals surface area contributed by atoms with Crippen molar-refractivity contribution in [3.63, 3.8) is 0 Å². The Kier molecular flexibility index (Phi) is 2.79. The summed E-state index contributed by atoms with van der Waals surface area (Å²) in [5.41, 5.74) is 5.94. The minimum Gasteiger partial charge on any atom is -0.374 e. The highest BCUT2D eigenvalue weighted by molar-refractivity contribution is 4.94. The molecule has 4 heteroatoms. The van der Waals surface area contributed by atoms with Crippen LogP contribution in [-0.2, 0) is 4.74 Å². The number of nitrogens with zero attached hydrogens (tertiary/aromatic N) is 1. The van der Waals surface area contributed by atoms with Crippen LogP contribution in [0.4, 0.5) is 0 Å². The van der Waals surface area contributed by atoms with E-state index in [1.165, 1.54) is 0 Å². The van der Waals surface area contributed by atoms with Gasteiger partial charge in [0.25, 0.3) is 0 Å². The molecule has 0 radical (unpaired) electrons. The third-order valence-electron chi connectivity index (χ3n) is 2.92. The van der Waals surface area contributed by atoms with Crippen LogP contribution in [0.15, 0.2) is 0 Å². The lowest BCUT2D eigenvalue weighted by atomic mass is 10.0. The van der Waals surface area contributed by atoms with Gasteiger partial charge in [-0.05, 0) is 13.8 Å². The second-order valence-corrected chi connectivity index (χ2v) is 5.09. The highest BCUT2D eigenvalue weighted by Crippen LogP contribution is 2.18. The lowest BCUT2D eigenvalue weighted by molar-refractivity contribution is -0.0517. The molecule has 82 valence electrons. The molecule has 0 bridgehead atoms. The zero-order valence-corrected chi connectivity index (χ0v) is 9.12. The van der Waals surface area contributed by atoms with Crippen LogP contribution in [0.2, 0.25) is 0 Å². The molecule has 2 fully saturated rings. The van der Waals surface area contributed by atoms with Gasteiger partial charge >= 0.3 is 0 Å². The molecule has 2 aliphatic heterocycles. The summed E-state index contributed by atoms with van der Waals surface area (Å²) >= 11 is 0. The molecule has 2 rings (SSSR count). The molecule has 4 nitrogen and oxygen atoms in total. The summed E-state index contributed by atoms with van der Waals surface area (Å²) in [6.45, 7) is 9.02. The van der Waals surface area contributed by atoms with Gasteiger partial charge in [-0.1, -0.05) is 0 Å². The van der Waals surface area contributed by atoms with Crippen molar-refractivity contribution in [1.29, 1.82) is 0 Å². The minimum atomic E-state index is -0.107. The van der Waals surface area contributed by atoms with Crippen LogP contribution in [0.3, 0.4) is 0 Å². The number of hydrogen-bond donors (Lipinski definition) is 2. The zero-order chi connectivity index (χ0) is 10.2. The Morgan fingerprint density at radius 1 is 1.50 bits per heavy atom. The van der Waals surface area contributed by atoms with Crippen molar-refractivity contribution < 1.29 is 4.74 Å². The average molecular weight is 199 g/mol. The van der Waals surface area contributed by atoms with Crippen LogP contribution >= 0.6 is 0 Å². The summed E-state index contributed by atoms with van der Waals surface area (Å²) in [4.78, 5) is 2.47. The van der Waals surface area contributed by atoms with E-state index in [4.69, 9.17) is 10.5 Å². The molecule has 0 amide bonds. The average Bonchev–Trinajstić information content (AvgIpc) is 2.49. The van der Waals surface area contributed by atoms with E-state index in [-0.39, 0.29) is 5.54 Å². The second kappa shape index (κ2) is 3.77. The van der Waals surface area contributed by atoms with Crippen molar-refractivity contribution >= 4 is 0 Å². The molecule has 2 saturated heterocycles. The summed E-state index contributed by atoms with van der Waals surface area (Å²) in [6, 6.07) is 0.534. The van der Waals surface area contributed by atoms with E-state index < -0.39 is 0 Å². The van der Waals surface area contributed by atoms with Gasteiger partial charge in [-0.2, -0.15) is 0 Å². The van der Waals surface area contributed by atoms with Gasteiger partial charge in [0.1, 0.15) is 0 Å². The first-order chi connectivity index (χ1) is 6.56. The fraction of sp³-hybridized carbons (Fsp3) is 1.00. The van der Waals surface area contributed by atoms with Crippen LogP contribution in [0.1, 0.15) is 13.8 Å². The highest BCUT2D eigenvalue weighted by Gasteiger charge is 2.37. The van der Waals surface area contributed by atoms with E-state index in [1.54, 1.807) is 0 Å². The van der Waals surface area contributed by atoms with Gasteiger partial charge < -0.3 is 15.8 Å². The Labute approximate surface area is 85.8 Å². The van der Waals surface area contributed by atoms with Crippen molar-refractivity contribution in [2.24, 2.45) is 5.73 Å². The summed E-state index contributed by atoms with van der Waals surface area (Å²) in [7, 11) is 0. The number of fused-ring (bicyclic) bond motifs is 1. The van der Waals surface area contributed by atoms with Crippen molar-refractivity contribution in [2.45, 2.75) is 31.5 Å². The molecule has 2 aliphatic rings. The Hall–Kier alpha value is -0.160. The molecule has 0 spiro atoms. The molecule has 2 heterocycles. The van der Waals surface area contributed by atoms with E-state index in [2.05, 4.69) is 24.1 Å². The monoisotopic (exact) mass is 199 g/mol. The summed E-state index contributed by atoms with van der Waals surface area (Å²) in [5.74, 6) is 0. The van der Waals surface area contributed by atoms with Crippen LogP contribution in [0.5, 0.6) is 0 Å². The molecular formula is C10H21N3O. The number of ether oxygens (including phenoxy) is 1. The van der Waals surface area contributed by atoms with Crippen LogP contribution < -0.4 is 11.1 Å². The maximum atomic E-state index is 6.05. The molecular weight excluding hydrogens is 178 g/mol. The topological polar surface area (TPSA) is 50.5 Å². The normalized spacial score (nSPS) is 34.5. The van der Waals surface area contributed by atoms with E-state index in [1.807, 2.05) is 0 Å². The Balaban J connectivity index is 1.97.